The quantitative estimate of drug-likeness (QED) is 0.516. The van der Waals surface area contributed by atoms with Crippen LogP contribution in [0.25, 0.3) is 0 Å². The minimum atomic E-state index is -0.846. The molecular formula is C27H30N2O6. The van der Waals surface area contributed by atoms with E-state index in [2.05, 4.69) is 4.98 Å². The van der Waals surface area contributed by atoms with Gasteiger partial charge in [0, 0.05) is 11.8 Å². The van der Waals surface area contributed by atoms with Gasteiger partial charge in [0.05, 0.1) is 37.9 Å². The van der Waals surface area contributed by atoms with Crippen molar-refractivity contribution < 1.29 is 19.3 Å². The first-order valence-corrected chi connectivity index (χ1v) is 11.9. The third-order valence-electron chi connectivity index (χ3n) is 7.01. The number of aromatic nitrogens is 2. The lowest BCUT2D eigenvalue weighted by atomic mass is 9.76. The lowest BCUT2D eigenvalue weighted by molar-refractivity contribution is -0.168. The zero-order valence-corrected chi connectivity index (χ0v) is 19.6. The molecule has 0 amide bonds. The van der Waals surface area contributed by atoms with Gasteiger partial charge in [-0.3, -0.25) is 14.3 Å². The maximum Gasteiger partial charge on any atom is 0.330 e. The topological polar surface area (TPSA) is 103 Å². The highest BCUT2D eigenvalue weighted by molar-refractivity contribution is 5.16. The fourth-order valence-electron chi connectivity index (χ4n) is 5.21. The molecule has 1 aromatic heterocycles. The molecule has 2 heterocycles. The van der Waals surface area contributed by atoms with Crippen LogP contribution in [0.15, 0.2) is 76.4 Å². The molecule has 1 aliphatic carbocycles. The Kier molecular flexibility index (Phi) is 6.71. The summed E-state index contributed by atoms with van der Waals surface area (Å²) in [6, 6.07) is 19.7. The Hall–Kier alpha value is -3.04. The molecule has 2 N–H and O–H groups in total. The van der Waals surface area contributed by atoms with E-state index >= 15 is 0 Å². The summed E-state index contributed by atoms with van der Waals surface area (Å²) in [5, 5.41) is 11.0. The van der Waals surface area contributed by atoms with Crippen molar-refractivity contribution in [1.29, 1.82) is 0 Å². The first kappa shape index (κ1) is 23.7. The van der Waals surface area contributed by atoms with Gasteiger partial charge in [0.1, 0.15) is 11.8 Å². The molecule has 8 heteroatoms. The first-order chi connectivity index (χ1) is 17.0. The van der Waals surface area contributed by atoms with Gasteiger partial charge < -0.3 is 19.3 Å². The molecule has 2 aliphatic rings. The van der Waals surface area contributed by atoms with Gasteiger partial charge >= 0.3 is 5.69 Å². The van der Waals surface area contributed by atoms with E-state index in [4.69, 9.17) is 14.2 Å². The van der Waals surface area contributed by atoms with E-state index in [-0.39, 0.29) is 6.61 Å². The largest absolute Gasteiger partial charge is 0.393 e. The van der Waals surface area contributed by atoms with Gasteiger partial charge in [0.25, 0.3) is 5.56 Å². The smallest absolute Gasteiger partial charge is 0.330 e. The zero-order valence-electron chi connectivity index (χ0n) is 19.6. The number of hydrogen-bond acceptors (Lipinski definition) is 6. The molecule has 1 saturated carbocycles. The standard InChI is InChI=1S/C27H30N2O6/c1-18-14-29(26(32)28-24(18)31)25-22-21(30)12-13-27(35-25,17-33-15-19-8-4-2-5-9-19)23(22)34-16-20-10-6-3-7-11-20/h2-11,14,21-23,25,30H,12-13,15-17H2,1H3,(H,28,31,32)/t21-,22+,23-,25+,27+/m0/s1. The highest BCUT2D eigenvalue weighted by Crippen LogP contribution is 2.51. The van der Waals surface area contributed by atoms with E-state index < -0.39 is 41.2 Å². The predicted molar refractivity (Wildman–Crippen MR) is 129 cm³/mol. The monoisotopic (exact) mass is 478 g/mol. The van der Waals surface area contributed by atoms with E-state index in [1.165, 1.54) is 10.8 Å². The van der Waals surface area contributed by atoms with Gasteiger partial charge in [-0.05, 0) is 30.9 Å². The summed E-state index contributed by atoms with van der Waals surface area (Å²) < 4.78 is 20.5. The molecule has 0 spiro atoms. The third-order valence-corrected chi connectivity index (χ3v) is 7.01. The lowest BCUT2D eigenvalue weighted by Crippen LogP contribution is -2.53. The number of H-pyrrole nitrogens is 1. The Labute approximate surface area is 203 Å². The highest BCUT2D eigenvalue weighted by Gasteiger charge is 2.62. The summed E-state index contributed by atoms with van der Waals surface area (Å²) in [6.45, 7) is 2.63. The Bertz CT molecular complexity index is 1260. The summed E-state index contributed by atoms with van der Waals surface area (Å²) in [4.78, 5) is 27.0. The number of nitrogens with zero attached hydrogens (tertiary/aromatic N) is 1. The Morgan fingerprint density at radius 3 is 2.40 bits per heavy atom. The van der Waals surface area contributed by atoms with Crippen LogP contribution < -0.4 is 11.2 Å². The fraction of sp³-hybridized carbons (Fsp3) is 0.407. The second kappa shape index (κ2) is 9.91. The van der Waals surface area contributed by atoms with Crippen LogP contribution in [0.5, 0.6) is 0 Å². The maximum atomic E-state index is 12.7. The number of hydrogen-bond donors (Lipinski definition) is 2. The number of fused-ring (bicyclic) bond motifs is 2. The van der Waals surface area contributed by atoms with Gasteiger partial charge in [0.15, 0.2) is 0 Å². The van der Waals surface area contributed by atoms with Gasteiger partial charge in [0.2, 0.25) is 0 Å². The minimum Gasteiger partial charge on any atom is -0.393 e. The number of nitrogens with one attached hydrogen (secondary N) is 1. The van der Waals surface area contributed by atoms with Crippen molar-refractivity contribution in [3.05, 3.63) is 104 Å². The van der Waals surface area contributed by atoms with Crippen LogP contribution in [0.4, 0.5) is 0 Å². The molecule has 2 fully saturated rings. The molecule has 5 rings (SSSR count). The molecular weight excluding hydrogens is 448 g/mol. The maximum absolute atomic E-state index is 12.7. The second-order valence-corrected chi connectivity index (χ2v) is 9.43. The zero-order chi connectivity index (χ0) is 24.4. The molecule has 184 valence electrons. The highest BCUT2D eigenvalue weighted by atomic mass is 16.6. The van der Waals surface area contributed by atoms with Crippen molar-refractivity contribution >= 4 is 0 Å². The number of aromatic amines is 1. The summed E-state index contributed by atoms with van der Waals surface area (Å²) in [5.41, 5.74) is 0.570. The normalized spacial score (nSPS) is 27.7. The van der Waals surface area contributed by atoms with Crippen LogP contribution in [0.2, 0.25) is 0 Å². The number of aryl methyl sites for hydroxylation is 1. The number of aliphatic hydroxyl groups is 1. The molecule has 0 radical (unpaired) electrons. The molecule has 3 aromatic rings. The van der Waals surface area contributed by atoms with E-state index in [0.29, 0.717) is 31.6 Å². The molecule has 0 unspecified atom stereocenters. The Morgan fingerprint density at radius 1 is 1.06 bits per heavy atom. The van der Waals surface area contributed by atoms with E-state index in [0.717, 1.165) is 11.1 Å². The molecule has 1 saturated heterocycles. The minimum absolute atomic E-state index is 0.248. The molecule has 2 aromatic carbocycles. The van der Waals surface area contributed by atoms with E-state index in [1.54, 1.807) is 6.92 Å². The van der Waals surface area contributed by atoms with Crippen LogP contribution in [-0.2, 0) is 27.4 Å². The molecule has 35 heavy (non-hydrogen) atoms. The van der Waals surface area contributed by atoms with Crippen LogP contribution >= 0.6 is 0 Å². The van der Waals surface area contributed by atoms with Crippen LogP contribution in [0.1, 0.15) is 35.8 Å². The number of benzene rings is 2. The number of rotatable bonds is 8. The average Bonchev–Trinajstić information content (AvgIpc) is 3.10. The summed E-state index contributed by atoms with van der Waals surface area (Å²) in [7, 11) is 0. The molecule has 2 bridgehead atoms. The Balaban J connectivity index is 1.46. The van der Waals surface area contributed by atoms with E-state index in [9.17, 15) is 14.7 Å². The average molecular weight is 479 g/mol. The van der Waals surface area contributed by atoms with Gasteiger partial charge in [-0.25, -0.2) is 4.79 Å². The SMILES string of the molecule is Cc1cn([C@@H]2O[C@@]3(COCc4ccccc4)CC[C@H](O)[C@@H]2[C@@H]3OCc2ccccc2)c(=O)[nH]c1=O. The van der Waals surface area contributed by atoms with Crippen molar-refractivity contribution in [3.63, 3.8) is 0 Å². The first-order valence-electron chi connectivity index (χ1n) is 11.9. The van der Waals surface area contributed by atoms with Gasteiger partial charge in [-0.1, -0.05) is 60.7 Å². The van der Waals surface area contributed by atoms with Crippen LogP contribution in [0, 0.1) is 12.8 Å². The predicted octanol–water partition coefficient (Wildman–Crippen LogP) is 2.69. The fourth-order valence-corrected chi connectivity index (χ4v) is 5.21. The third kappa shape index (κ3) is 4.75. The summed E-state index contributed by atoms with van der Waals surface area (Å²) in [6.07, 6.45) is 0.476. The molecule has 5 atom stereocenters. The Morgan fingerprint density at radius 2 is 1.71 bits per heavy atom. The summed E-state index contributed by atoms with van der Waals surface area (Å²) in [5.74, 6) is -0.504. The molecule has 1 aliphatic heterocycles. The van der Waals surface area contributed by atoms with Gasteiger partial charge in [-0.15, -0.1) is 0 Å². The van der Waals surface area contributed by atoms with Crippen molar-refractivity contribution in [2.45, 2.75) is 57.0 Å². The number of aliphatic hydroxyl groups excluding tert-OH is 1. The second-order valence-electron chi connectivity index (χ2n) is 9.43. The van der Waals surface area contributed by atoms with Crippen LogP contribution in [-0.4, -0.2) is 39.1 Å². The summed E-state index contributed by atoms with van der Waals surface area (Å²) >= 11 is 0. The van der Waals surface area contributed by atoms with E-state index in [1.807, 2.05) is 60.7 Å². The molecule has 8 nitrogen and oxygen atoms in total. The van der Waals surface area contributed by atoms with Crippen molar-refractivity contribution in [1.82, 2.24) is 9.55 Å². The van der Waals surface area contributed by atoms with Crippen molar-refractivity contribution in [2.75, 3.05) is 6.61 Å². The van der Waals surface area contributed by atoms with Crippen LogP contribution in [0.3, 0.4) is 0 Å². The van der Waals surface area contributed by atoms with Crippen molar-refractivity contribution in [2.24, 2.45) is 5.92 Å². The number of ether oxygens (including phenoxy) is 3. The lowest BCUT2D eigenvalue weighted by Gasteiger charge is -2.40. The van der Waals surface area contributed by atoms with Crippen molar-refractivity contribution in [3.8, 4) is 0 Å². The van der Waals surface area contributed by atoms with Gasteiger partial charge in [-0.2, -0.15) is 0 Å².